The number of esters is 1. The van der Waals surface area contributed by atoms with Crippen molar-refractivity contribution in [2.75, 3.05) is 6.61 Å². The van der Waals surface area contributed by atoms with Crippen molar-refractivity contribution in [3.63, 3.8) is 0 Å². The summed E-state index contributed by atoms with van der Waals surface area (Å²) in [5, 5.41) is 0. The highest BCUT2D eigenvalue weighted by atomic mass is 16.5. The fourth-order valence-electron chi connectivity index (χ4n) is 1.61. The highest BCUT2D eigenvalue weighted by molar-refractivity contribution is 6.23. The van der Waals surface area contributed by atoms with Crippen LogP contribution >= 0.6 is 0 Å². The van der Waals surface area contributed by atoms with Crippen LogP contribution < -0.4 is 0 Å². The molecule has 0 aliphatic carbocycles. The molecule has 1 atom stereocenters. The first-order valence-electron chi connectivity index (χ1n) is 5.90. The maximum absolute atomic E-state index is 11.2. The van der Waals surface area contributed by atoms with Gasteiger partial charge in [0.1, 0.15) is 6.21 Å². The Balaban J connectivity index is 2.78. The number of hydrogen-bond donors (Lipinski definition) is 0. The molecule has 0 saturated heterocycles. The van der Waals surface area contributed by atoms with Crippen molar-refractivity contribution in [1.29, 1.82) is 0 Å². The summed E-state index contributed by atoms with van der Waals surface area (Å²) in [4.78, 5) is 15.5. The molecule has 0 aromatic heterocycles. The summed E-state index contributed by atoms with van der Waals surface area (Å²) in [6.07, 6.45) is 1.28. The van der Waals surface area contributed by atoms with Crippen LogP contribution in [-0.2, 0) is 9.53 Å². The largest absolute Gasteiger partial charge is 0.462 e. The zero-order chi connectivity index (χ0) is 12.7. The summed E-state index contributed by atoms with van der Waals surface area (Å²) in [5.41, 5.74) is 1.11. The number of ether oxygens (including phenoxy) is 1. The number of benzene rings is 1. The fourth-order valence-corrected chi connectivity index (χ4v) is 1.61. The molecule has 0 aliphatic rings. The second-order valence-electron chi connectivity index (χ2n) is 4.13. The molecule has 0 unspecified atom stereocenters. The second kappa shape index (κ2) is 6.84. The zero-order valence-electron chi connectivity index (χ0n) is 10.6. The quantitative estimate of drug-likeness (QED) is 0.579. The molecule has 3 nitrogen and oxygen atoms in total. The first-order valence-corrected chi connectivity index (χ1v) is 5.90. The predicted octanol–water partition coefficient (Wildman–Crippen LogP) is 3.02. The molecule has 17 heavy (non-hydrogen) atoms. The summed E-state index contributed by atoms with van der Waals surface area (Å²) in [6, 6.07) is 9.96. The van der Waals surface area contributed by atoms with Crippen LogP contribution in [0.1, 0.15) is 32.4 Å². The smallest absolute Gasteiger partial charge is 0.348 e. The minimum Gasteiger partial charge on any atom is -0.462 e. The third-order valence-corrected chi connectivity index (χ3v) is 2.40. The van der Waals surface area contributed by atoms with Gasteiger partial charge in [0.05, 0.1) is 12.6 Å². The molecule has 0 amide bonds. The van der Waals surface area contributed by atoms with Gasteiger partial charge in [-0.15, -0.1) is 0 Å². The van der Waals surface area contributed by atoms with Gasteiger partial charge in [-0.1, -0.05) is 44.2 Å². The summed E-state index contributed by atoms with van der Waals surface area (Å²) < 4.78 is 4.82. The van der Waals surface area contributed by atoms with Crippen molar-refractivity contribution in [3.8, 4) is 0 Å². The van der Waals surface area contributed by atoms with Crippen molar-refractivity contribution in [2.24, 2.45) is 10.9 Å². The van der Waals surface area contributed by atoms with Crippen molar-refractivity contribution in [3.05, 3.63) is 35.9 Å². The van der Waals surface area contributed by atoms with Gasteiger partial charge in [0.15, 0.2) is 0 Å². The van der Waals surface area contributed by atoms with E-state index < -0.39 is 0 Å². The Morgan fingerprint density at radius 3 is 2.53 bits per heavy atom. The van der Waals surface area contributed by atoms with E-state index >= 15 is 0 Å². The Labute approximate surface area is 103 Å². The Morgan fingerprint density at radius 2 is 2.00 bits per heavy atom. The molecular weight excluding hydrogens is 214 g/mol. The molecular formula is C14H19NO2. The van der Waals surface area contributed by atoms with Crippen molar-refractivity contribution in [1.82, 2.24) is 0 Å². The van der Waals surface area contributed by atoms with E-state index in [0.717, 1.165) is 5.56 Å². The third kappa shape index (κ3) is 4.39. The molecule has 0 N–H and O–H groups in total. The third-order valence-electron chi connectivity index (χ3n) is 2.40. The number of nitrogens with zero attached hydrogens (tertiary/aromatic N) is 1. The van der Waals surface area contributed by atoms with Gasteiger partial charge >= 0.3 is 5.97 Å². The van der Waals surface area contributed by atoms with E-state index in [1.807, 2.05) is 30.3 Å². The lowest BCUT2D eigenvalue weighted by Gasteiger charge is -2.16. The van der Waals surface area contributed by atoms with Crippen molar-refractivity contribution >= 4 is 12.2 Å². The maximum Gasteiger partial charge on any atom is 0.348 e. The van der Waals surface area contributed by atoms with Crippen LogP contribution in [0.4, 0.5) is 0 Å². The first-order chi connectivity index (χ1) is 8.15. The number of hydrogen-bond acceptors (Lipinski definition) is 3. The highest BCUT2D eigenvalue weighted by Crippen LogP contribution is 2.24. The van der Waals surface area contributed by atoms with E-state index in [9.17, 15) is 4.79 Å². The monoisotopic (exact) mass is 233 g/mol. The molecule has 0 saturated carbocycles. The van der Waals surface area contributed by atoms with Crippen LogP contribution in [0.25, 0.3) is 0 Å². The number of aliphatic imine (C=N–C) groups is 1. The summed E-state index contributed by atoms with van der Waals surface area (Å²) in [5.74, 6) is -0.0443. The minimum absolute atomic E-state index is 0.000561. The molecule has 0 aliphatic heterocycles. The van der Waals surface area contributed by atoms with Gasteiger partial charge in [-0.2, -0.15) is 0 Å². The summed E-state index contributed by atoms with van der Waals surface area (Å²) >= 11 is 0. The average molecular weight is 233 g/mol. The zero-order valence-corrected chi connectivity index (χ0v) is 10.6. The van der Waals surface area contributed by atoms with Gasteiger partial charge in [-0.05, 0) is 18.4 Å². The molecule has 1 aromatic carbocycles. The molecule has 0 fully saturated rings. The lowest BCUT2D eigenvalue weighted by Crippen LogP contribution is -2.09. The Kier molecular flexibility index (Phi) is 5.40. The molecule has 1 aromatic rings. The molecule has 0 spiro atoms. The van der Waals surface area contributed by atoms with Gasteiger partial charge in [-0.25, -0.2) is 4.79 Å². The van der Waals surface area contributed by atoms with Crippen LogP contribution in [0.5, 0.6) is 0 Å². The van der Waals surface area contributed by atoms with E-state index in [0.29, 0.717) is 12.5 Å². The van der Waals surface area contributed by atoms with Gasteiger partial charge < -0.3 is 4.74 Å². The SMILES string of the molecule is CCOC(=O)C=N[C@H](c1ccccc1)C(C)C. The Bertz CT molecular complexity index is 371. The number of carbonyl (C=O) groups excluding carboxylic acids is 1. The first kappa shape index (κ1) is 13.4. The molecule has 92 valence electrons. The second-order valence-corrected chi connectivity index (χ2v) is 4.13. The molecule has 0 heterocycles. The normalized spacial score (nSPS) is 12.9. The minimum atomic E-state index is -0.380. The molecule has 1 rings (SSSR count). The lowest BCUT2D eigenvalue weighted by atomic mass is 9.97. The Hall–Kier alpha value is -1.64. The van der Waals surface area contributed by atoms with Gasteiger partial charge in [0.25, 0.3) is 0 Å². The summed E-state index contributed by atoms with van der Waals surface area (Å²) in [7, 11) is 0. The number of carbonyl (C=O) groups is 1. The molecule has 0 bridgehead atoms. The molecule has 0 radical (unpaired) electrons. The van der Waals surface area contributed by atoms with E-state index in [1.54, 1.807) is 6.92 Å². The van der Waals surface area contributed by atoms with E-state index in [-0.39, 0.29) is 12.0 Å². The topological polar surface area (TPSA) is 38.7 Å². The van der Waals surface area contributed by atoms with E-state index in [1.165, 1.54) is 6.21 Å². The lowest BCUT2D eigenvalue weighted by molar-refractivity contribution is -0.134. The van der Waals surface area contributed by atoms with Crippen LogP contribution in [0, 0.1) is 5.92 Å². The van der Waals surface area contributed by atoms with Crippen molar-refractivity contribution in [2.45, 2.75) is 26.8 Å². The standard InChI is InChI=1S/C14H19NO2/c1-4-17-13(16)10-15-14(11(2)3)12-8-6-5-7-9-12/h5-11,14H,4H2,1-3H3/t14-/m0/s1. The summed E-state index contributed by atoms with van der Waals surface area (Å²) in [6.45, 7) is 6.33. The van der Waals surface area contributed by atoms with Gasteiger partial charge in [0.2, 0.25) is 0 Å². The van der Waals surface area contributed by atoms with E-state index in [2.05, 4.69) is 18.8 Å². The Morgan fingerprint density at radius 1 is 1.35 bits per heavy atom. The average Bonchev–Trinajstić information content (AvgIpc) is 2.30. The maximum atomic E-state index is 11.2. The van der Waals surface area contributed by atoms with E-state index in [4.69, 9.17) is 4.74 Å². The fraction of sp³-hybridized carbons (Fsp3) is 0.429. The van der Waals surface area contributed by atoms with Crippen LogP contribution in [-0.4, -0.2) is 18.8 Å². The number of rotatable bonds is 5. The van der Waals surface area contributed by atoms with Crippen LogP contribution in [0.2, 0.25) is 0 Å². The highest BCUT2D eigenvalue weighted by Gasteiger charge is 2.13. The predicted molar refractivity (Wildman–Crippen MR) is 69.1 cm³/mol. The van der Waals surface area contributed by atoms with Crippen LogP contribution in [0.3, 0.4) is 0 Å². The van der Waals surface area contributed by atoms with Crippen LogP contribution in [0.15, 0.2) is 35.3 Å². The van der Waals surface area contributed by atoms with Gasteiger partial charge in [0, 0.05) is 0 Å². The van der Waals surface area contributed by atoms with Crippen molar-refractivity contribution < 1.29 is 9.53 Å². The molecule has 3 heteroatoms. The van der Waals surface area contributed by atoms with Gasteiger partial charge in [-0.3, -0.25) is 4.99 Å².